The van der Waals surface area contributed by atoms with E-state index in [1.165, 1.54) is 0 Å². The van der Waals surface area contributed by atoms with Crippen molar-refractivity contribution >= 4 is 41.0 Å². The van der Waals surface area contributed by atoms with Crippen LogP contribution in [0.4, 0.5) is 0 Å². The SMILES string of the molecule is CC1C=Cc2nc(Cl)nc(Cl)c2S1. The van der Waals surface area contributed by atoms with Crippen LogP contribution in [0.1, 0.15) is 12.6 Å². The van der Waals surface area contributed by atoms with E-state index in [1.54, 1.807) is 11.8 Å². The summed E-state index contributed by atoms with van der Waals surface area (Å²) in [5.74, 6) is 0. The van der Waals surface area contributed by atoms with Crippen LogP contribution < -0.4 is 0 Å². The van der Waals surface area contributed by atoms with Gasteiger partial charge in [-0.15, -0.1) is 11.8 Å². The zero-order chi connectivity index (χ0) is 9.42. The number of nitrogens with zero attached hydrogens (tertiary/aromatic N) is 2. The number of fused-ring (bicyclic) bond motifs is 1. The molecule has 1 aliphatic rings. The van der Waals surface area contributed by atoms with Crippen molar-refractivity contribution in [3.63, 3.8) is 0 Å². The molecule has 68 valence electrons. The molecule has 2 rings (SSSR count). The van der Waals surface area contributed by atoms with Crippen molar-refractivity contribution in [2.45, 2.75) is 17.1 Å². The number of aromatic nitrogens is 2. The van der Waals surface area contributed by atoms with E-state index >= 15 is 0 Å². The van der Waals surface area contributed by atoms with Crippen LogP contribution in [0.5, 0.6) is 0 Å². The van der Waals surface area contributed by atoms with Gasteiger partial charge in [-0.1, -0.05) is 17.7 Å². The average molecular weight is 233 g/mol. The van der Waals surface area contributed by atoms with Gasteiger partial charge in [-0.2, -0.15) is 0 Å². The molecule has 2 heterocycles. The minimum atomic E-state index is 0.198. The molecule has 13 heavy (non-hydrogen) atoms. The third-order valence-electron chi connectivity index (χ3n) is 1.65. The number of hydrogen-bond acceptors (Lipinski definition) is 3. The molecule has 5 heteroatoms. The third kappa shape index (κ3) is 1.82. The summed E-state index contributed by atoms with van der Waals surface area (Å²) in [5, 5.41) is 1.05. The second-order valence-electron chi connectivity index (χ2n) is 2.68. The fraction of sp³-hybridized carbons (Fsp3) is 0.250. The van der Waals surface area contributed by atoms with E-state index in [-0.39, 0.29) is 5.28 Å². The molecule has 0 bridgehead atoms. The van der Waals surface area contributed by atoms with Gasteiger partial charge in [-0.25, -0.2) is 9.97 Å². The molecular formula is C8H6Cl2N2S. The van der Waals surface area contributed by atoms with E-state index in [0.29, 0.717) is 10.4 Å². The summed E-state index contributed by atoms with van der Waals surface area (Å²) in [6.45, 7) is 2.09. The van der Waals surface area contributed by atoms with Crippen molar-refractivity contribution in [2.24, 2.45) is 0 Å². The third-order valence-corrected chi connectivity index (χ3v) is 3.37. The largest absolute Gasteiger partial charge is 0.224 e. The maximum absolute atomic E-state index is 5.92. The standard InChI is InChI=1S/C8H6Cl2N2S/c1-4-2-3-5-6(13-4)7(9)12-8(10)11-5/h2-4H,1H3. The summed E-state index contributed by atoms with van der Waals surface area (Å²) in [6, 6.07) is 0. The molecule has 0 amide bonds. The molecule has 0 saturated heterocycles. The van der Waals surface area contributed by atoms with E-state index in [9.17, 15) is 0 Å². The monoisotopic (exact) mass is 232 g/mol. The highest BCUT2D eigenvalue weighted by atomic mass is 35.5. The normalized spacial score (nSPS) is 20.1. The zero-order valence-corrected chi connectivity index (χ0v) is 9.12. The van der Waals surface area contributed by atoms with Gasteiger partial charge >= 0.3 is 0 Å². The molecule has 0 fully saturated rings. The molecule has 1 aromatic rings. The van der Waals surface area contributed by atoms with Crippen molar-refractivity contribution in [2.75, 3.05) is 0 Å². The Morgan fingerprint density at radius 3 is 2.92 bits per heavy atom. The Kier molecular flexibility index (Phi) is 2.49. The molecule has 0 N–H and O–H groups in total. The van der Waals surface area contributed by atoms with Crippen LogP contribution in [0, 0.1) is 0 Å². The molecule has 1 aromatic heterocycles. The van der Waals surface area contributed by atoms with Gasteiger partial charge in [-0.05, 0) is 24.6 Å². The van der Waals surface area contributed by atoms with Gasteiger partial charge in [0.05, 0.1) is 10.6 Å². The summed E-state index contributed by atoms with van der Waals surface area (Å²) in [5.41, 5.74) is 0.813. The predicted molar refractivity (Wildman–Crippen MR) is 56.4 cm³/mol. The summed E-state index contributed by atoms with van der Waals surface area (Å²) >= 11 is 13.2. The number of thioether (sulfide) groups is 1. The molecule has 2 nitrogen and oxygen atoms in total. The van der Waals surface area contributed by atoms with Crippen LogP contribution in [-0.4, -0.2) is 15.2 Å². The highest BCUT2D eigenvalue weighted by Gasteiger charge is 2.16. The van der Waals surface area contributed by atoms with Crippen molar-refractivity contribution in [1.29, 1.82) is 0 Å². The lowest BCUT2D eigenvalue weighted by molar-refractivity contribution is 1.06. The average Bonchev–Trinajstić information content (AvgIpc) is 2.06. The van der Waals surface area contributed by atoms with Crippen molar-refractivity contribution in [3.8, 4) is 0 Å². The fourth-order valence-electron chi connectivity index (χ4n) is 1.09. The molecule has 1 aliphatic heterocycles. The minimum Gasteiger partial charge on any atom is -0.217 e. The van der Waals surface area contributed by atoms with E-state index in [1.807, 2.05) is 6.08 Å². The quantitative estimate of drug-likeness (QED) is 0.508. The fourth-order valence-corrected chi connectivity index (χ4v) is 2.52. The molecular weight excluding hydrogens is 227 g/mol. The Morgan fingerprint density at radius 1 is 1.38 bits per heavy atom. The van der Waals surface area contributed by atoms with Crippen LogP contribution in [0.15, 0.2) is 11.0 Å². The summed E-state index contributed by atoms with van der Waals surface area (Å²) < 4.78 is 0. The van der Waals surface area contributed by atoms with E-state index < -0.39 is 0 Å². The predicted octanol–water partition coefficient (Wildman–Crippen LogP) is 3.29. The van der Waals surface area contributed by atoms with Gasteiger partial charge in [0.15, 0.2) is 0 Å². The Balaban J connectivity index is 2.56. The topological polar surface area (TPSA) is 25.8 Å². The maximum Gasteiger partial charge on any atom is 0.224 e. The first kappa shape index (κ1) is 9.31. The Morgan fingerprint density at radius 2 is 2.15 bits per heavy atom. The van der Waals surface area contributed by atoms with Gasteiger partial charge in [0, 0.05) is 5.25 Å². The van der Waals surface area contributed by atoms with Crippen LogP contribution in [0.2, 0.25) is 10.4 Å². The molecule has 0 aliphatic carbocycles. The first-order valence-corrected chi connectivity index (χ1v) is 5.38. The lowest BCUT2D eigenvalue weighted by Crippen LogP contribution is -2.01. The maximum atomic E-state index is 5.92. The highest BCUT2D eigenvalue weighted by Crippen LogP contribution is 2.36. The summed E-state index contributed by atoms with van der Waals surface area (Å²) in [7, 11) is 0. The molecule has 0 radical (unpaired) electrons. The zero-order valence-electron chi connectivity index (χ0n) is 6.79. The van der Waals surface area contributed by atoms with Gasteiger partial charge < -0.3 is 0 Å². The van der Waals surface area contributed by atoms with Crippen molar-refractivity contribution in [3.05, 3.63) is 22.2 Å². The summed E-state index contributed by atoms with van der Waals surface area (Å²) in [6.07, 6.45) is 3.99. The number of hydrogen-bond donors (Lipinski definition) is 0. The van der Waals surface area contributed by atoms with E-state index in [4.69, 9.17) is 23.2 Å². The van der Waals surface area contributed by atoms with Crippen LogP contribution in [0.3, 0.4) is 0 Å². The van der Waals surface area contributed by atoms with Crippen LogP contribution >= 0.6 is 35.0 Å². The summed E-state index contributed by atoms with van der Waals surface area (Å²) in [4.78, 5) is 8.88. The van der Waals surface area contributed by atoms with Gasteiger partial charge in [0.2, 0.25) is 5.28 Å². The van der Waals surface area contributed by atoms with Crippen molar-refractivity contribution in [1.82, 2.24) is 9.97 Å². The minimum absolute atomic E-state index is 0.198. The van der Waals surface area contributed by atoms with E-state index in [0.717, 1.165) is 10.6 Å². The molecule has 1 unspecified atom stereocenters. The molecule has 0 saturated carbocycles. The van der Waals surface area contributed by atoms with E-state index in [2.05, 4.69) is 23.0 Å². The first-order chi connectivity index (χ1) is 6.16. The Labute approximate surface area is 90.4 Å². The molecule has 1 atom stereocenters. The Hall–Kier alpha value is -0.250. The van der Waals surface area contributed by atoms with Crippen LogP contribution in [0.25, 0.3) is 6.08 Å². The van der Waals surface area contributed by atoms with Crippen LogP contribution in [-0.2, 0) is 0 Å². The van der Waals surface area contributed by atoms with Gasteiger partial charge in [0.1, 0.15) is 5.15 Å². The second-order valence-corrected chi connectivity index (χ2v) is 4.76. The Bertz CT molecular complexity index is 379. The second kappa shape index (κ2) is 3.48. The smallest absolute Gasteiger partial charge is 0.217 e. The van der Waals surface area contributed by atoms with Crippen molar-refractivity contribution < 1.29 is 0 Å². The number of halogens is 2. The first-order valence-electron chi connectivity index (χ1n) is 3.74. The number of rotatable bonds is 0. The van der Waals surface area contributed by atoms with Gasteiger partial charge in [-0.3, -0.25) is 0 Å². The molecule has 0 spiro atoms. The highest BCUT2D eigenvalue weighted by molar-refractivity contribution is 8.00. The van der Waals surface area contributed by atoms with Gasteiger partial charge in [0.25, 0.3) is 0 Å². The molecule has 0 aromatic carbocycles. The lowest BCUT2D eigenvalue weighted by atomic mass is 10.3. The lowest BCUT2D eigenvalue weighted by Gasteiger charge is -2.14.